The lowest BCUT2D eigenvalue weighted by molar-refractivity contribution is -0.156. The lowest BCUT2D eigenvalue weighted by atomic mass is 9.79. The minimum absolute atomic E-state index is 0.101. The minimum Gasteiger partial charge on any atom is -0.390 e. The zero-order chi connectivity index (χ0) is 12.8. The van der Waals surface area contributed by atoms with Crippen LogP contribution in [0.5, 0.6) is 0 Å². The highest BCUT2D eigenvalue weighted by Crippen LogP contribution is 2.37. The third-order valence-corrected chi connectivity index (χ3v) is 4.21. The molecule has 1 heterocycles. The van der Waals surface area contributed by atoms with Gasteiger partial charge in [0.1, 0.15) is 0 Å². The van der Waals surface area contributed by atoms with Gasteiger partial charge in [-0.1, -0.05) is 46.0 Å². The number of hydrogen-bond acceptors (Lipinski definition) is 2. The predicted octanol–water partition coefficient (Wildman–Crippen LogP) is 4.06. The summed E-state index contributed by atoms with van der Waals surface area (Å²) in [5, 5.41) is 10.6. The summed E-state index contributed by atoms with van der Waals surface area (Å²) < 4.78 is 5.79. The van der Waals surface area contributed by atoms with Gasteiger partial charge >= 0.3 is 0 Å². The Morgan fingerprint density at radius 1 is 1.12 bits per heavy atom. The Morgan fingerprint density at radius 2 is 1.82 bits per heavy atom. The average molecular weight is 242 g/mol. The molecule has 0 spiro atoms. The van der Waals surface area contributed by atoms with Crippen LogP contribution in [0.15, 0.2) is 0 Å². The molecule has 0 bridgehead atoms. The van der Waals surface area contributed by atoms with Gasteiger partial charge in [-0.15, -0.1) is 0 Å². The molecule has 17 heavy (non-hydrogen) atoms. The number of rotatable bonds is 7. The van der Waals surface area contributed by atoms with E-state index in [-0.39, 0.29) is 5.60 Å². The molecule has 102 valence electrons. The van der Waals surface area contributed by atoms with Gasteiger partial charge < -0.3 is 9.84 Å². The molecule has 1 aliphatic heterocycles. The van der Waals surface area contributed by atoms with Crippen molar-refractivity contribution in [2.75, 3.05) is 6.61 Å². The quantitative estimate of drug-likeness (QED) is 0.682. The van der Waals surface area contributed by atoms with Gasteiger partial charge in [0.05, 0.1) is 17.8 Å². The Labute approximate surface area is 107 Å². The first-order chi connectivity index (χ1) is 8.04. The Morgan fingerprint density at radius 3 is 2.47 bits per heavy atom. The first-order valence-corrected chi connectivity index (χ1v) is 7.40. The molecule has 0 saturated carbocycles. The molecule has 0 aliphatic carbocycles. The van der Waals surface area contributed by atoms with Gasteiger partial charge in [-0.3, -0.25) is 0 Å². The van der Waals surface area contributed by atoms with Gasteiger partial charge in [0.25, 0.3) is 0 Å². The van der Waals surface area contributed by atoms with Crippen molar-refractivity contribution in [1.29, 1.82) is 0 Å². The Kier molecular flexibility index (Phi) is 5.94. The van der Waals surface area contributed by atoms with E-state index in [1.54, 1.807) is 0 Å². The second-order valence-corrected chi connectivity index (χ2v) is 5.97. The summed E-state index contributed by atoms with van der Waals surface area (Å²) in [7, 11) is 0. The number of ether oxygens (including phenoxy) is 1. The molecule has 0 aromatic rings. The highest BCUT2D eigenvalue weighted by Gasteiger charge is 2.40. The minimum atomic E-state index is -0.463. The van der Waals surface area contributed by atoms with Crippen LogP contribution in [0.2, 0.25) is 0 Å². The third kappa shape index (κ3) is 4.97. The zero-order valence-corrected chi connectivity index (χ0v) is 11.9. The van der Waals surface area contributed by atoms with Crippen molar-refractivity contribution >= 4 is 0 Å². The number of aliphatic hydroxyl groups is 1. The summed E-state index contributed by atoms with van der Waals surface area (Å²) in [6.07, 6.45) is 9.92. The lowest BCUT2D eigenvalue weighted by Gasteiger charge is -2.43. The zero-order valence-electron chi connectivity index (χ0n) is 11.9. The highest BCUT2D eigenvalue weighted by atomic mass is 16.5. The molecular formula is C15H30O2. The van der Waals surface area contributed by atoms with Crippen molar-refractivity contribution in [2.24, 2.45) is 0 Å². The molecule has 1 fully saturated rings. The van der Waals surface area contributed by atoms with Crippen molar-refractivity contribution in [1.82, 2.24) is 0 Å². The molecule has 0 aromatic carbocycles. The number of hydrogen-bond donors (Lipinski definition) is 1. The van der Waals surface area contributed by atoms with Crippen LogP contribution < -0.4 is 0 Å². The van der Waals surface area contributed by atoms with Gasteiger partial charge in [0.2, 0.25) is 0 Å². The standard InChI is InChI=1S/C15H30O2/c1-4-6-7-8-9-10-15(16)11-12-17-14(3,5-2)13-15/h16H,4-13H2,1-3H3. The van der Waals surface area contributed by atoms with Crippen molar-refractivity contribution in [2.45, 2.75) is 89.8 Å². The van der Waals surface area contributed by atoms with Crippen LogP contribution in [0.25, 0.3) is 0 Å². The average Bonchev–Trinajstić information content (AvgIpc) is 2.28. The summed E-state index contributed by atoms with van der Waals surface area (Å²) >= 11 is 0. The van der Waals surface area contributed by atoms with Crippen LogP contribution in [0.4, 0.5) is 0 Å². The summed E-state index contributed by atoms with van der Waals surface area (Å²) in [5.74, 6) is 0. The van der Waals surface area contributed by atoms with E-state index in [0.29, 0.717) is 0 Å². The van der Waals surface area contributed by atoms with Crippen LogP contribution in [0, 0.1) is 0 Å². The normalized spacial score (nSPS) is 33.9. The molecule has 1 rings (SSSR count). The molecule has 0 radical (unpaired) electrons. The second-order valence-electron chi connectivity index (χ2n) is 5.97. The van der Waals surface area contributed by atoms with Crippen molar-refractivity contribution < 1.29 is 9.84 Å². The largest absolute Gasteiger partial charge is 0.390 e. The SMILES string of the molecule is CCCCCCCC1(O)CCOC(C)(CC)C1. The van der Waals surface area contributed by atoms with Crippen LogP contribution in [-0.2, 0) is 4.74 Å². The molecule has 2 unspecified atom stereocenters. The summed E-state index contributed by atoms with van der Waals surface area (Å²) in [4.78, 5) is 0. The predicted molar refractivity (Wildman–Crippen MR) is 72.2 cm³/mol. The van der Waals surface area contributed by atoms with Crippen LogP contribution in [0.1, 0.15) is 78.6 Å². The molecular weight excluding hydrogens is 212 g/mol. The molecule has 1 aliphatic rings. The van der Waals surface area contributed by atoms with E-state index in [4.69, 9.17) is 4.74 Å². The van der Waals surface area contributed by atoms with Gasteiger partial charge in [-0.05, 0) is 26.2 Å². The Bertz CT molecular complexity index is 217. The van der Waals surface area contributed by atoms with E-state index in [9.17, 15) is 5.11 Å². The van der Waals surface area contributed by atoms with Gasteiger partial charge in [0, 0.05) is 6.42 Å². The third-order valence-electron chi connectivity index (χ3n) is 4.21. The van der Waals surface area contributed by atoms with Crippen molar-refractivity contribution in [3.8, 4) is 0 Å². The smallest absolute Gasteiger partial charge is 0.0697 e. The molecule has 2 heteroatoms. The fourth-order valence-electron chi connectivity index (χ4n) is 2.82. The van der Waals surface area contributed by atoms with E-state index in [0.717, 1.165) is 38.7 Å². The fraction of sp³-hybridized carbons (Fsp3) is 1.00. The Balaban J connectivity index is 2.30. The molecule has 0 amide bonds. The molecule has 1 saturated heterocycles. The van der Waals surface area contributed by atoms with Crippen molar-refractivity contribution in [3.05, 3.63) is 0 Å². The maximum atomic E-state index is 10.6. The first kappa shape index (κ1) is 15.0. The summed E-state index contributed by atoms with van der Waals surface area (Å²) in [6.45, 7) is 7.23. The monoisotopic (exact) mass is 242 g/mol. The number of unbranched alkanes of at least 4 members (excludes halogenated alkanes) is 4. The molecule has 2 nitrogen and oxygen atoms in total. The van der Waals surface area contributed by atoms with Crippen LogP contribution in [0.3, 0.4) is 0 Å². The first-order valence-electron chi connectivity index (χ1n) is 7.40. The van der Waals surface area contributed by atoms with Gasteiger partial charge in [0.15, 0.2) is 0 Å². The summed E-state index contributed by atoms with van der Waals surface area (Å²) in [5.41, 5.74) is -0.564. The maximum Gasteiger partial charge on any atom is 0.0697 e. The van der Waals surface area contributed by atoms with E-state index < -0.39 is 5.60 Å². The molecule has 0 aromatic heterocycles. The van der Waals surface area contributed by atoms with E-state index in [1.165, 1.54) is 25.7 Å². The molecule has 2 atom stereocenters. The lowest BCUT2D eigenvalue weighted by Crippen LogP contribution is -2.47. The highest BCUT2D eigenvalue weighted by molar-refractivity contribution is 4.92. The maximum absolute atomic E-state index is 10.6. The van der Waals surface area contributed by atoms with Gasteiger partial charge in [-0.25, -0.2) is 0 Å². The van der Waals surface area contributed by atoms with E-state index >= 15 is 0 Å². The van der Waals surface area contributed by atoms with Crippen LogP contribution in [-0.4, -0.2) is 22.9 Å². The molecule has 1 N–H and O–H groups in total. The topological polar surface area (TPSA) is 29.5 Å². The second kappa shape index (κ2) is 6.75. The Hall–Kier alpha value is -0.0800. The summed E-state index contributed by atoms with van der Waals surface area (Å²) in [6, 6.07) is 0. The van der Waals surface area contributed by atoms with E-state index in [1.807, 2.05) is 0 Å². The van der Waals surface area contributed by atoms with Crippen molar-refractivity contribution in [3.63, 3.8) is 0 Å². The van der Waals surface area contributed by atoms with E-state index in [2.05, 4.69) is 20.8 Å². The fourth-order valence-corrected chi connectivity index (χ4v) is 2.82. The van der Waals surface area contributed by atoms with Crippen LogP contribution >= 0.6 is 0 Å². The van der Waals surface area contributed by atoms with Gasteiger partial charge in [-0.2, -0.15) is 0 Å².